The number of ketones is 1. The molecule has 1 aliphatic rings. The van der Waals surface area contributed by atoms with Crippen molar-refractivity contribution in [2.75, 3.05) is 0 Å². The van der Waals surface area contributed by atoms with Crippen LogP contribution in [-0.4, -0.2) is 10.8 Å². The number of aromatic nitrogens is 1. The van der Waals surface area contributed by atoms with Gasteiger partial charge in [0.25, 0.3) is 0 Å². The Morgan fingerprint density at radius 2 is 2.08 bits per heavy atom. The minimum absolute atomic E-state index is 0.417. The number of carbonyl (C=O) groups is 1. The molecule has 1 aromatic rings. The Morgan fingerprint density at radius 1 is 1.31 bits per heavy atom. The Bertz CT molecular complexity index is 284. The van der Waals surface area contributed by atoms with Crippen LogP contribution >= 0.6 is 0 Å². The Labute approximate surface area is 78.0 Å². The smallest absolute Gasteiger partial charge is 0.132 e. The molecule has 1 fully saturated rings. The Hall–Kier alpha value is -1.18. The first-order valence-electron chi connectivity index (χ1n) is 4.78. The minimum Gasteiger partial charge on any atom is -0.300 e. The van der Waals surface area contributed by atoms with Crippen molar-refractivity contribution >= 4 is 5.78 Å². The van der Waals surface area contributed by atoms with Crippen molar-refractivity contribution in [1.29, 1.82) is 0 Å². The summed E-state index contributed by atoms with van der Waals surface area (Å²) in [6, 6.07) is 4.07. The molecule has 0 atom stereocenters. The maximum absolute atomic E-state index is 11.0. The highest BCUT2D eigenvalue weighted by atomic mass is 16.1. The lowest BCUT2D eigenvalue weighted by molar-refractivity contribution is -0.120. The molecule has 2 nitrogen and oxygen atoms in total. The fourth-order valence-electron chi connectivity index (χ4n) is 1.89. The van der Waals surface area contributed by atoms with E-state index in [0.29, 0.717) is 11.7 Å². The molecule has 2 heteroatoms. The molecule has 0 unspecified atom stereocenters. The molecule has 1 heterocycles. The van der Waals surface area contributed by atoms with E-state index in [1.165, 1.54) is 5.56 Å². The van der Waals surface area contributed by atoms with Gasteiger partial charge in [0.1, 0.15) is 5.78 Å². The lowest BCUT2D eigenvalue weighted by Gasteiger charge is -2.20. The Balaban J connectivity index is 2.07. The molecule has 0 aliphatic heterocycles. The third kappa shape index (κ3) is 1.94. The van der Waals surface area contributed by atoms with Crippen LogP contribution in [-0.2, 0) is 4.79 Å². The zero-order valence-electron chi connectivity index (χ0n) is 7.57. The zero-order valence-corrected chi connectivity index (χ0v) is 7.57. The molecule has 1 saturated carbocycles. The van der Waals surface area contributed by atoms with Crippen LogP contribution in [0.25, 0.3) is 0 Å². The van der Waals surface area contributed by atoms with E-state index < -0.39 is 0 Å². The number of rotatable bonds is 1. The van der Waals surface area contributed by atoms with Crippen molar-refractivity contribution in [1.82, 2.24) is 4.98 Å². The number of nitrogens with zero attached hydrogens (tertiary/aromatic N) is 1. The van der Waals surface area contributed by atoms with Crippen molar-refractivity contribution in [2.45, 2.75) is 31.6 Å². The molecule has 0 aromatic carbocycles. The van der Waals surface area contributed by atoms with E-state index in [0.717, 1.165) is 25.7 Å². The average molecular weight is 175 g/mol. The molecular formula is C11H13NO. The number of pyridine rings is 1. The van der Waals surface area contributed by atoms with E-state index in [1.807, 2.05) is 12.3 Å². The summed E-state index contributed by atoms with van der Waals surface area (Å²) in [5.74, 6) is 0.978. The van der Waals surface area contributed by atoms with Crippen LogP contribution in [0.1, 0.15) is 37.2 Å². The highest BCUT2D eigenvalue weighted by Gasteiger charge is 2.19. The second-order valence-electron chi connectivity index (χ2n) is 3.60. The van der Waals surface area contributed by atoms with Gasteiger partial charge in [-0.2, -0.15) is 0 Å². The van der Waals surface area contributed by atoms with Crippen LogP contribution in [0.3, 0.4) is 0 Å². The van der Waals surface area contributed by atoms with E-state index in [4.69, 9.17) is 0 Å². The van der Waals surface area contributed by atoms with Crippen molar-refractivity contribution in [2.24, 2.45) is 0 Å². The van der Waals surface area contributed by atoms with Crippen molar-refractivity contribution < 1.29 is 4.79 Å². The van der Waals surface area contributed by atoms with Gasteiger partial charge in [0.05, 0.1) is 0 Å². The third-order valence-corrected chi connectivity index (χ3v) is 2.70. The lowest BCUT2D eigenvalue weighted by atomic mass is 9.84. The first-order chi connectivity index (χ1) is 6.36. The third-order valence-electron chi connectivity index (χ3n) is 2.70. The lowest BCUT2D eigenvalue weighted by Crippen LogP contribution is -2.12. The second kappa shape index (κ2) is 3.69. The van der Waals surface area contributed by atoms with E-state index in [-0.39, 0.29) is 0 Å². The van der Waals surface area contributed by atoms with Crippen LogP contribution in [0.5, 0.6) is 0 Å². The summed E-state index contributed by atoms with van der Waals surface area (Å²) in [5, 5.41) is 0. The van der Waals surface area contributed by atoms with E-state index in [9.17, 15) is 4.79 Å². The summed E-state index contributed by atoms with van der Waals surface area (Å²) in [6.07, 6.45) is 7.21. The van der Waals surface area contributed by atoms with E-state index in [1.54, 1.807) is 6.20 Å². The maximum Gasteiger partial charge on any atom is 0.132 e. The summed E-state index contributed by atoms with van der Waals surface area (Å²) in [5.41, 5.74) is 1.29. The first kappa shape index (κ1) is 8.42. The summed E-state index contributed by atoms with van der Waals surface area (Å²) in [6.45, 7) is 0. The average Bonchev–Trinajstić information content (AvgIpc) is 2.20. The van der Waals surface area contributed by atoms with Crippen LogP contribution in [0.4, 0.5) is 0 Å². The monoisotopic (exact) mass is 175 g/mol. The molecule has 2 rings (SSSR count). The molecule has 0 bridgehead atoms. The maximum atomic E-state index is 11.0. The van der Waals surface area contributed by atoms with Crippen LogP contribution in [0.15, 0.2) is 24.5 Å². The van der Waals surface area contributed by atoms with E-state index in [2.05, 4.69) is 11.1 Å². The van der Waals surface area contributed by atoms with Crippen molar-refractivity contribution in [3.8, 4) is 0 Å². The van der Waals surface area contributed by atoms with Gasteiger partial charge in [0, 0.05) is 25.2 Å². The highest BCUT2D eigenvalue weighted by Crippen LogP contribution is 2.30. The molecule has 13 heavy (non-hydrogen) atoms. The van der Waals surface area contributed by atoms with Gasteiger partial charge in [-0.3, -0.25) is 9.78 Å². The first-order valence-corrected chi connectivity index (χ1v) is 4.78. The minimum atomic E-state index is 0.417. The Morgan fingerprint density at radius 3 is 2.69 bits per heavy atom. The summed E-state index contributed by atoms with van der Waals surface area (Å²) in [7, 11) is 0. The van der Waals surface area contributed by atoms with Crippen LogP contribution in [0.2, 0.25) is 0 Å². The van der Waals surface area contributed by atoms with Gasteiger partial charge in [-0.25, -0.2) is 0 Å². The SMILES string of the molecule is O=C1CCC(c2cccnc2)CC1. The number of carbonyl (C=O) groups excluding carboxylic acids is 1. The highest BCUT2D eigenvalue weighted by molar-refractivity contribution is 5.79. The molecule has 0 spiro atoms. The summed E-state index contributed by atoms with van der Waals surface area (Å²) >= 11 is 0. The molecular weight excluding hydrogens is 162 g/mol. The standard InChI is InChI=1S/C11H13NO/c13-11-5-3-9(4-6-11)10-2-1-7-12-8-10/h1-2,7-9H,3-6H2. The van der Waals surface area contributed by atoms with Gasteiger partial charge in [-0.05, 0) is 30.4 Å². The fourth-order valence-corrected chi connectivity index (χ4v) is 1.89. The topological polar surface area (TPSA) is 30.0 Å². The van der Waals surface area contributed by atoms with Crippen LogP contribution < -0.4 is 0 Å². The van der Waals surface area contributed by atoms with Crippen LogP contribution in [0, 0.1) is 0 Å². The van der Waals surface area contributed by atoms with Gasteiger partial charge in [0.2, 0.25) is 0 Å². The van der Waals surface area contributed by atoms with E-state index >= 15 is 0 Å². The van der Waals surface area contributed by atoms with Gasteiger partial charge in [0.15, 0.2) is 0 Å². The Kier molecular flexibility index (Phi) is 2.39. The molecule has 68 valence electrons. The molecule has 1 aromatic heterocycles. The van der Waals surface area contributed by atoms with Gasteiger partial charge >= 0.3 is 0 Å². The van der Waals surface area contributed by atoms with Crippen molar-refractivity contribution in [3.63, 3.8) is 0 Å². The quantitative estimate of drug-likeness (QED) is 0.655. The van der Waals surface area contributed by atoms with Gasteiger partial charge in [-0.15, -0.1) is 0 Å². The summed E-state index contributed by atoms with van der Waals surface area (Å²) < 4.78 is 0. The predicted molar refractivity (Wildman–Crippen MR) is 50.5 cm³/mol. The van der Waals surface area contributed by atoms with Gasteiger partial charge in [-0.1, -0.05) is 6.07 Å². The predicted octanol–water partition coefficient (Wildman–Crippen LogP) is 2.31. The second-order valence-corrected chi connectivity index (χ2v) is 3.60. The molecule has 1 aliphatic carbocycles. The van der Waals surface area contributed by atoms with Gasteiger partial charge < -0.3 is 0 Å². The normalized spacial score (nSPS) is 18.9. The number of hydrogen-bond donors (Lipinski definition) is 0. The molecule has 0 N–H and O–H groups in total. The van der Waals surface area contributed by atoms with Crippen molar-refractivity contribution in [3.05, 3.63) is 30.1 Å². The molecule has 0 amide bonds. The zero-order chi connectivity index (χ0) is 9.10. The largest absolute Gasteiger partial charge is 0.300 e. The number of hydrogen-bond acceptors (Lipinski definition) is 2. The fraction of sp³-hybridized carbons (Fsp3) is 0.455. The summed E-state index contributed by atoms with van der Waals surface area (Å²) in [4.78, 5) is 15.1. The number of Topliss-reactive ketones (excluding diaryl/α,β-unsaturated/α-hetero) is 1. The molecule has 0 radical (unpaired) electrons. The molecule has 0 saturated heterocycles.